The fraction of sp³-hybridized carbons (Fsp3) is 0.286. The molecule has 54 valence electrons. The standard InChI is InChI=1S/C7H8BrNO/c1-2-10-7-5-9-4-3-6(7)8/h3-5H,2H2,1H3. The van der Waals surface area contributed by atoms with Gasteiger partial charge in [-0.3, -0.25) is 4.98 Å². The van der Waals surface area contributed by atoms with Crippen LogP contribution in [0.1, 0.15) is 6.92 Å². The summed E-state index contributed by atoms with van der Waals surface area (Å²) in [6.45, 7) is 2.61. The molecule has 1 aromatic rings. The summed E-state index contributed by atoms with van der Waals surface area (Å²) < 4.78 is 6.18. The van der Waals surface area contributed by atoms with E-state index in [0.29, 0.717) is 6.61 Å². The van der Waals surface area contributed by atoms with E-state index in [1.54, 1.807) is 12.4 Å². The normalized spacial score (nSPS) is 9.40. The van der Waals surface area contributed by atoms with Crippen molar-refractivity contribution in [3.8, 4) is 5.75 Å². The number of rotatable bonds is 2. The van der Waals surface area contributed by atoms with Crippen molar-refractivity contribution in [3.63, 3.8) is 0 Å². The van der Waals surface area contributed by atoms with Gasteiger partial charge in [-0.2, -0.15) is 0 Å². The van der Waals surface area contributed by atoms with Gasteiger partial charge in [0.25, 0.3) is 0 Å². The molecule has 10 heavy (non-hydrogen) atoms. The zero-order chi connectivity index (χ0) is 7.40. The number of nitrogens with zero attached hydrogens (tertiary/aromatic N) is 1. The number of ether oxygens (including phenoxy) is 1. The zero-order valence-electron chi connectivity index (χ0n) is 5.67. The smallest absolute Gasteiger partial charge is 0.151 e. The van der Waals surface area contributed by atoms with Gasteiger partial charge in [-0.05, 0) is 28.9 Å². The lowest BCUT2D eigenvalue weighted by Gasteiger charge is -2.02. The van der Waals surface area contributed by atoms with Gasteiger partial charge < -0.3 is 4.74 Å². The molecule has 3 heteroatoms. The predicted octanol–water partition coefficient (Wildman–Crippen LogP) is 2.24. The van der Waals surface area contributed by atoms with Crippen LogP contribution in [0.2, 0.25) is 0 Å². The Labute approximate surface area is 68.4 Å². The van der Waals surface area contributed by atoms with Gasteiger partial charge in [-0.25, -0.2) is 0 Å². The molecule has 0 aliphatic heterocycles. The van der Waals surface area contributed by atoms with Crippen molar-refractivity contribution < 1.29 is 4.74 Å². The molecule has 0 aliphatic carbocycles. The van der Waals surface area contributed by atoms with Gasteiger partial charge in [-0.15, -0.1) is 0 Å². The van der Waals surface area contributed by atoms with Crippen molar-refractivity contribution in [1.29, 1.82) is 0 Å². The average molecular weight is 202 g/mol. The van der Waals surface area contributed by atoms with Crippen molar-refractivity contribution >= 4 is 15.9 Å². The average Bonchev–Trinajstić information content (AvgIpc) is 1.94. The first kappa shape index (κ1) is 7.54. The van der Waals surface area contributed by atoms with Crippen LogP contribution < -0.4 is 4.74 Å². The molecule has 1 rings (SSSR count). The maximum Gasteiger partial charge on any atom is 0.151 e. The van der Waals surface area contributed by atoms with E-state index in [1.807, 2.05) is 13.0 Å². The number of aromatic nitrogens is 1. The van der Waals surface area contributed by atoms with Crippen molar-refractivity contribution in [1.82, 2.24) is 4.98 Å². The molecule has 0 aromatic carbocycles. The van der Waals surface area contributed by atoms with E-state index in [0.717, 1.165) is 10.2 Å². The van der Waals surface area contributed by atoms with Crippen molar-refractivity contribution in [2.75, 3.05) is 6.61 Å². The molecule has 0 fully saturated rings. The molecule has 0 saturated carbocycles. The van der Waals surface area contributed by atoms with E-state index < -0.39 is 0 Å². The van der Waals surface area contributed by atoms with Crippen molar-refractivity contribution in [2.45, 2.75) is 6.92 Å². The number of hydrogen-bond acceptors (Lipinski definition) is 2. The summed E-state index contributed by atoms with van der Waals surface area (Å²) in [5.41, 5.74) is 0. The fourth-order valence-electron chi connectivity index (χ4n) is 0.625. The lowest BCUT2D eigenvalue weighted by molar-refractivity contribution is 0.336. The fourth-order valence-corrected chi connectivity index (χ4v) is 0.960. The third-order valence-electron chi connectivity index (χ3n) is 1.03. The van der Waals surface area contributed by atoms with E-state index in [9.17, 15) is 0 Å². The summed E-state index contributed by atoms with van der Waals surface area (Å²) in [5.74, 6) is 0.796. The van der Waals surface area contributed by atoms with Gasteiger partial charge in [0.1, 0.15) is 0 Å². The molecular weight excluding hydrogens is 194 g/mol. The van der Waals surface area contributed by atoms with Crippen LogP contribution in [0.4, 0.5) is 0 Å². The topological polar surface area (TPSA) is 22.1 Å². The molecule has 0 unspecified atom stereocenters. The Morgan fingerprint density at radius 2 is 2.50 bits per heavy atom. The molecule has 0 bridgehead atoms. The van der Waals surface area contributed by atoms with Crippen LogP contribution in [0.25, 0.3) is 0 Å². The lowest BCUT2D eigenvalue weighted by Crippen LogP contribution is -1.92. The monoisotopic (exact) mass is 201 g/mol. The minimum Gasteiger partial charge on any atom is -0.491 e. The Balaban J connectivity index is 2.81. The summed E-state index contributed by atoms with van der Waals surface area (Å²) in [6, 6.07) is 1.85. The molecule has 2 nitrogen and oxygen atoms in total. The van der Waals surface area contributed by atoms with Crippen LogP contribution in [0.5, 0.6) is 5.75 Å². The number of pyridine rings is 1. The molecule has 0 N–H and O–H groups in total. The van der Waals surface area contributed by atoms with Gasteiger partial charge in [0.15, 0.2) is 5.75 Å². The van der Waals surface area contributed by atoms with E-state index in [1.165, 1.54) is 0 Å². The summed E-state index contributed by atoms with van der Waals surface area (Å²) in [5, 5.41) is 0. The number of halogens is 1. The van der Waals surface area contributed by atoms with Crippen LogP contribution >= 0.6 is 15.9 Å². The predicted molar refractivity (Wildman–Crippen MR) is 43.1 cm³/mol. The summed E-state index contributed by atoms with van der Waals surface area (Å²) in [6.07, 6.45) is 3.40. The second-order valence-corrected chi connectivity index (χ2v) is 2.59. The summed E-state index contributed by atoms with van der Waals surface area (Å²) in [7, 11) is 0. The van der Waals surface area contributed by atoms with Gasteiger partial charge >= 0.3 is 0 Å². The van der Waals surface area contributed by atoms with Gasteiger partial charge in [0.05, 0.1) is 17.3 Å². The van der Waals surface area contributed by atoms with Gasteiger partial charge in [0, 0.05) is 6.20 Å². The van der Waals surface area contributed by atoms with Crippen LogP contribution in [0, 0.1) is 0 Å². The summed E-state index contributed by atoms with van der Waals surface area (Å²) >= 11 is 3.33. The lowest BCUT2D eigenvalue weighted by atomic mass is 10.5. The molecule has 0 amide bonds. The Hall–Kier alpha value is -0.570. The zero-order valence-corrected chi connectivity index (χ0v) is 7.26. The molecule has 1 aromatic heterocycles. The van der Waals surface area contributed by atoms with E-state index in [4.69, 9.17) is 4.74 Å². The highest BCUT2D eigenvalue weighted by Gasteiger charge is 1.96. The Bertz CT molecular complexity index is 215. The molecule has 0 atom stereocenters. The van der Waals surface area contributed by atoms with Gasteiger partial charge in [0.2, 0.25) is 0 Å². The SMILES string of the molecule is CCOc1cnccc1Br. The highest BCUT2D eigenvalue weighted by molar-refractivity contribution is 9.10. The van der Waals surface area contributed by atoms with Crippen LogP contribution in [0.15, 0.2) is 22.9 Å². The van der Waals surface area contributed by atoms with E-state index in [-0.39, 0.29) is 0 Å². The quantitative estimate of drug-likeness (QED) is 0.733. The minimum absolute atomic E-state index is 0.671. The Morgan fingerprint density at radius 3 is 3.10 bits per heavy atom. The van der Waals surface area contributed by atoms with Crippen LogP contribution in [-0.2, 0) is 0 Å². The maximum absolute atomic E-state index is 5.23. The van der Waals surface area contributed by atoms with Crippen LogP contribution in [-0.4, -0.2) is 11.6 Å². The van der Waals surface area contributed by atoms with Gasteiger partial charge in [-0.1, -0.05) is 0 Å². The van der Waals surface area contributed by atoms with Crippen molar-refractivity contribution in [3.05, 3.63) is 22.9 Å². The Kier molecular flexibility index (Phi) is 2.68. The first-order valence-corrected chi connectivity index (χ1v) is 3.86. The first-order valence-electron chi connectivity index (χ1n) is 3.07. The second kappa shape index (κ2) is 3.56. The summed E-state index contributed by atoms with van der Waals surface area (Å²) in [4.78, 5) is 3.91. The van der Waals surface area contributed by atoms with E-state index in [2.05, 4.69) is 20.9 Å². The molecule has 0 saturated heterocycles. The molecule has 0 aliphatic rings. The minimum atomic E-state index is 0.671. The third kappa shape index (κ3) is 1.70. The third-order valence-corrected chi connectivity index (χ3v) is 1.69. The van der Waals surface area contributed by atoms with Crippen LogP contribution in [0.3, 0.4) is 0 Å². The maximum atomic E-state index is 5.23. The first-order chi connectivity index (χ1) is 4.84. The Morgan fingerprint density at radius 1 is 1.70 bits per heavy atom. The number of hydrogen-bond donors (Lipinski definition) is 0. The highest BCUT2D eigenvalue weighted by Crippen LogP contribution is 2.21. The van der Waals surface area contributed by atoms with E-state index >= 15 is 0 Å². The second-order valence-electron chi connectivity index (χ2n) is 1.74. The molecule has 0 radical (unpaired) electrons. The molecular formula is C7H8BrNO. The van der Waals surface area contributed by atoms with Crippen molar-refractivity contribution in [2.24, 2.45) is 0 Å². The molecule has 1 heterocycles. The highest BCUT2D eigenvalue weighted by atomic mass is 79.9. The molecule has 0 spiro atoms. The largest absolute Gasteiger partial charge is 0.491 e.